The summed E-state index contributed by atoms with van der Waals surface area (Å²) >= 11 is 7.26. The Balaban J connectivity index is 1.66. The van der Waals surface area contributed by atoms with Gasteiger partial charge in [-0.3, -0.25) is 4.79 Å². The first-order valence-corrected chi connectivity index (χ1v) is 9.39. The number of para-hydroxylation sites is 1. The maximum absolute atomic E-state index is 12.1. The highest BCUT2D eigenvalue weighted by Crippen LogP contribution is 2.20. The van der Waals surface area contributed by atoms with Gasteiger partial charge in [0.25, 0.3) is 0 Å². The summed E-state index contributed by atoms with van der Waals surface area (Å²) in [5.74, 6) is 0.130. The standard InChI is InChI=1S/C19H18ClN3O2S/c20-15-8-6-14(7-9-15)10-23-11-17(12-24)22-19(23)26-13-18(25)21-16-4-2-1-3-5-16/h1-9,11,24H,10,12-13H2,(H,21,25). The molecule has 0 radical (unpaired) electrons. The Labute approximate surface area is 161 Å². The molecule has 3 aromatic rings. The number of nitrogens with one attached hydrogen (secondary N) is 1. The van der Waals surface area contributed by atoms with Gasteiger partial charge in [0.15, 0.2) is 5.16 Å². The summed E-state index contributed by atoms with van der Waals surface area (Å²) in [6.07, 6.45) is 1.80. The third-order valence-electron chi connectivity index (χ3n) is 3.61. The number of thioether (sulfide) groups is 1. The van der Waals surface area contributed by atoms with Gasteiger partial charge in [-0.05, 0) is 29.8 Å². The van der Waals surface area contributed by atoms with E-state index in [1.807, 2.05) is 59.2 Å². The molecular weight excluding hydrogens is 370 g/mol. The van der Waals surface area contributed by atoms with Gasteiger partial charge in [-0.15, -0.1) is 0 Å². The van der Waals surface area contributed by atoms with Crippen LogP contribution >= 0.6 is 23.4 Å². The number of halogens is 1. The fourth-order valence-corrected chi connectivity index (χ4v) is 3.31. The lowest BCUT2D eigenvalue weighted by atomic mass is 10.2. The highest BCUT2D eigenvalue weighted by atomic mass is 35.5. The minimum atomic E-state index is -0.141. The van der Waals surface area contributed by atoms with E-state index in [0.717, 1.165) is 11.3 Å². The molecule has 0 bridgehead atoms. The molecule has 0 aliphatic rings. The fourth-order valence-electron chi connectivity index (χ4n) is 2.39. The number of carbonyl (C=O) groups excluding carboxylic acids is 1. The molecule has 1 aromatic heterocycles. The molecular formula is C19H18ClN3O2S. The molecule has 26 heavy (non-hydrogen) atoms. The molecule has 5 nitrogen and oxygen atoms in total. The lowest BCUT2D eigenvalue weighted by Gasteiger charge is -2.08. The molecule has 0 fully saturated rings. The van der Waals surface area contributed by atoms with E-state index >= 15 is 0 Å². The van der Waals surface area contributed by atoms with Crippen LogP contribution in [0.2, 0.25) is 5.02 Å². The van der Waals surface area contributed by atoms with E-state index in [2.05, 4.69) is 10.3 Å². The summed E-state index contributed by atoms with van der Waals surface area (Å²) in [4.78, 5) is 16.5. The van der Waals surface area contributed by atoms with Gasteiger partial charge in [-0.1, -0.05) is 53.7 Å². The van der Waals surface area contributed by atoms with E-state index in [9.17, 15) is 9.90 Å². The van der Waals surface area contributed by atoms with E-state index in [0.29, 0.717) is 22.4 Å². The number of aliphatic hydroxyl groups excluding tert-OH is 1. The number of rotatable bonds is 7. The van der Waals surface area contributed by atoms with Crippen LogP contribution in [0.15, 0.2) is 66.0 Å². The van der Waals surface area contributed by atoms with Crippen LogP contribution in [0.3, 0.4) is 0 Å². The third kappa shape index (κ3) is 5.11. The summed E-state index contributed by atoms with van der Waals surface area (Å²) in [5.41, 5.74) is 2.40. The van der Waals surface area contributed by atoms with Crippen molar-refractivity contribution in [1.82, 2.24) is 9.55 Å². The first kappa shape index (κ1) is 18.5. The van der Waals surface area contributed by atoms with Crippen molar-refractivity contribution in [1.29, 1.82) is 0 Å². The maximum atomic E-state index is 12.1. The number of anilines is 1. The van der Waals surface area contributed by atoms with Gasteiger partial charge >= 0.3 is 0 Å². The van der Waals surface area contributed by atoms with E-state index < -0.39 is 0 Å². The normalized spacial score (nSPS) is 10.7. The Kier molecular flexibility index (Phi) is 6.33. The number of hydrogen-bond acceptors (Lipinski definition) is 4. The molecule has 3 rings (SSSR count). The van der Waals surface area contributed by atoms with Gasteiger partial charge in [0.1, 0.15) is 0 Å². The maximum Gasteiger partial charge on any atom is 0.234 e. The minimum Gasteiger partial charge on any atom is -0.390 e. The molecule has 0 unspecified atom stereocenters. The van der Waals surface area contributed by atoms with Gasteiger partial charge in [0.2, 0.25) is 5.91 Å². The Morgan fingerprint density at radius 3 is 2.58 bits per heavy atom. The number of hydrogen-bond donors (Lipinski definition) is 2. The zero-order chi connectivity index (χ0) is 18.4. The van der Waals surface area contributed by atoms with Gasteiger partial charge < -0.3 is 15.0 Å². The first-order valence-electron chi connectivity index (χ1n) is 8.03. The third-order valence-corrected chi connectivity index (χ3v) is 4.85. The number of aromatic nitrogens is 2. The SMILES string of the molecule is O=C(CSc1nc(CO)cn1Cc1ccc(Cl)cc1)Nc1ccccc1. The van der Waals surface area contributed by atoms with Crippen molar-refractivity contribution in [3.63, 3.8) is 0 Å². The van der Waals surface area contributed by atoms with Crippen LogP contribution in [-0.2, 0) is 17.9 Å². The second-order valence-electron chi connectivity index (χ2n) is 5.63. The topological polar surface area (TPSA) is 67.1 Å². The highest BCUT2D eigenvalue weighted by Gasteiger charge is 2.11. The highest BCUT2D eigenvalue weighted by molar-refractivity contribution is 7.99. The van der Waals surface area contributed by atoms with Crippen LogP contribution in [0.5, 0.6) is 0 Å². The predicted molar refractivity (Wildman–Crippen MR) is 104 cm³/mol. The van der Waals surface area contributed by atoms with E-state index in [4.69, 9.17) is 11.6 Å². The van der Waals surface area contributed by atoms with Crippen LogP contribution in [-0.4, -0.2) is 26.3 Å². The molecule has 0 aliphatic carbocycles. The second kappa shape index (κ2) is 8.89. The molecule has 2 aromatic carbocycles. The summed E-state index contributed by atoms with van der Waals surface area (Å²) in [7, 11) is 0. The molecule has 134 valence electrons. The number of benzene rings is 2. The van der Waals surface area contributed by atoms with Crippen molar-refractivity contribution in [3.05, 3.63) is 77.1 Å². The molecule has 0 aliphatic heterocycles. The van der Waals surface area contributed by atoms with E-state index in [-0.39, 0.29) is 18.3 Å². The van der Waals surface area contributed by atoms with Crippen molar-refractivity contribution in [2.24, 2.45) is 0 Å². The predicted octanol–water partition coefficient (Wildman–Crippen LogP) is 3.81. The molecule has 7 heteroatoms. The van der Waals surface area contributed by atoms with Crippen LogP contribution < -0.4 is 5.32 Å². The Bertz CT molecular complexity index is 866. The van der Waals surface area contributed by atoms with Gasteiger partial charge in [-0.2, -0.15) is 0 Å². The van der Waals surface area contributed by atoms with Gasteiger partial charge in [0, 0.05) is 23.5 Å². The average Bonchev–Trinajstić information content (AvgIpc) is 3.05. The Morgan fingerprint density at radius 2 is 1.88 bits per heavy atom. The zero-order valence-corrected chi connectivity index (χ0v) is 15.5. The quantitative estimate of drug-likeness (QED) is 0.605. The van der Waals surface area contributed by atoms with Crippen LogP contribution in [0.25, 0.3) is 0 Å². The van der Waals surface area contributed by atoms with E-state index in [1.165, 1.54) is 11.8 Å². The molecule has 0 saturated heterocycles. The summed E-state index contributed by atoms with van der Waals surface area (Å²) in [5, 5.41) is 13.6. The van der Waals surface area contributed by atoms with Crippen LogP contribution in [0, 0.1) is 0 Å². The molecule has 0 atom stereocenters. The van der Waals surface area contributed by atoms with Crippen molar-refractivity contribution in [2.45, 2.75) is 18.3 Å². The molecule has 0 spiro atoms. The number of carbonyl (C=O) groups is 1. The molecule has 2 N–H and O–H groups in total. The number of imidazole rings is 1. The zero-order valence-electron chi connectivity index (χ0n) is 13.9. The van der Waals surface area contributed by atoms with Gasteiger partial charge in [-0.25, -0.2) is 4.98 Å². The monoisotopic (exact) mass is 387 g/mol. The number of aliphatic hydroxyl groups is 1. The summed E-state index contributed by atoms with van der Waals surface area (Å²) in [6.45, 7) is 0.449. The molecule has 1 amide bonds. The summed E-state index contributed by atoms with van der Waals surface area (Å²) < 4.78 is 1.93. The van der Waals surface area contributed by atoms with E-state index in [1.54, 1.807) is 6.20 Å². The lowest BCUT2D eigenvalue weighted by Crippen LogP contribution is -2.14. The molecule has 0 saturated carbocycles. The summed E-state index contributed by atoms with van der Waals surface area (Å²) in [6, 6.07) is 16.9. The van der Waals surface area contributed by atoms with Crippen molar-refractivity contribution in [3.8, 4) is 0 Å². The van der Waals surface area contributed by atoms with Crippen LogP contribution in [0.4, 0.5) is 5.69 Å². The lowest BCUT2D eigenvalue weighted by molar-refractivity contribution is -0.113. The fraction of sp³-hybridized carbons (Fsp3) is 0.158. The number of nitrogens with zero attached hydrogens (tertiary/aromatic N) is 2. The minimum absolute atomic E-state index is 0.104. The average molecular weight is 388 g/mol. The number of amides is 1. The smallest absolute Gasteiger partial charge is 0.234 e. The van der Waals surface area contributed by atoms with Crippen molar-refractivity contribution >= 4 is 35.0 Å². The van der Waals surface area contributed by atoms with Crippen LogP contribution in [0.1, 0.15) is 11.3 Å². The second-order valence-corrected chi connectivity index (χ2v) is 7.01. The van der Waals surface area contributed by atoms with Gasteiger partial charge in [0.05, 0.1) is 18.1 Å². The Morgan fingerprint density at radius 1 is 1.15 bits per heavy atom. The van der Waals surface area contributed by atoms with Crippen molar-refractivity contribution in [2.75, 3.05) is 11.1 Å². The first-order chi connectivity index (χ1) is 12.6. The largest absolute Gasteiger partial charge is 0.390 e. The molecule has 1 heterocycles. The Hall–Kier alpha value is -2.28. The van der Waals surface area contributed by atoms with Crippen molar-refractivity contribution < 1.29 is 9.90 Å².